The van der Waals surface area contributed by atoms with Crippen molar-refractivity contribution in [1.29, 1.82) is 0 Å². The summed E-state index contributed by atoms with van der Waals surface area (Å²) in [7, 11) is 0. The van der Waals surface area contributed by atoms with Gasteiger partial charge in [-0.1, -0.05) is 0 Å². The van der Waals surface area contributed by atoms with Crippen LogP contribution in [0.5, 0.6) is 0 Å². The average Bonchev–Trinajstić information content (AvgIpc) is 3.01. The molecule has 1 heterocycles. The molecule has 0 radical (unpaired) electrons. The number of hydrogen-bond acceptors (Lipinski definition) is 2. The molecule has 3 nitrogen and oxygen atoms in total. The smallest absolute Gasteiger partial charge is 0.226 e. The van der Waals surface area contributed by atoms with Crippen LogP contribution in [0.1, 0.15) is 25.7 Å². The Labute approximate surface area is 126 Å². The molecule has 0 spiro atoms. The lowest BCUT2D eigenvalue weighted by Gasteiger charge is -2.23. The summed E-state index contributed by atoms with van der Waals surface area (Å²) >= 11 is 5.83. The number of amides is 1. The van der Waals surface area contributed by atoms with Gasteiger partial charge in [-0.25, -0.2) is 0 Å². The topological polar surface area (TPSA) is 23.6 Å². The second-order valence-electron chi connectivity index (χ2n) is 7.22. The van der Waals surface area contributed by atoms with E-state index < -0.39 is 0 Å². The van der Waals surface area contributed by atoms with E-state index in [1.54, 1.807) is 0 Å². The standard InChI is InChI=1S/C16H25ClN2O/c17-4-7-18-5-1-6-19(9-8-18)16(20)15-13-11-2-3-12(10-11)14(13)15/h11-15H,1-10H2. The lowest BCUT2D eigenvalue weighted by molar-refractivity contribution is -0.133. The highest BCUT2D eigenvalue weighted by Gasteiger charge is 2.67. The van der Waals surface area contributed by atoms with E-state index in [1.165, 1.54) is 19.3 Å². The highest BCUT2D eigenvalue weighted by atomic mass is 35.5. The highest BCUT2D eigenvalue weighted by Crippen LogP contribution is 2.69. The van der Waals surface area contributed by atoms with Crippen LogP contribution in [-0.4, -0.2) is 54.3 Å². The number of hydrogen-bond donors (Lipinski definition) is 0. The van der Waals surface area contributed by atoms with Crippen LogP contribution in [0, 0.1) is 29.6 Å². The molecule has 4 rings (SSSR count). The SMILES string of the molecule is O=C(C1C2C3CCC(C3)C12)N1CCCN(CCCl)CC1. The van der Waals surface area contributed by atoms with Crippen molar-refractivity contribution in [2.24, 2.45) is 29.6 Å². The third-order valence-corrected chi connectivity index (χ3v) is 6.49. The molecule has 3 saturated carbocycles. The van der Waals surface area contributed by atoms with E-state index in [0.29, 0.717) is 17.7 Å². The zero-order valence-electron chi connectivity index (χ0n) is 12.1. The molecular formula is C16H25ClN2O. The number of alkyl halides is 1. The molecule has 4 heteroatoms. The predicted molar refractivity (Wildman–Crippen MR) is 79.7 cm³/mol. The summed E-state index contributed by atoms with van der Waals surface area (Å²) in [5, 5.41) is 0. The van der Waals surface area contributed by atoms with Crippen molar-refractivity contribution in [2.75, 3.05) is 38.6 Å². The summed E-state index contributed by atoms with van der Waals surface area (Å²) in [5.41, 5.74) is 0. The van der Waals surface area contributed by atoms with Crippen molar-refractivity contribution < 1.29 is 4.79 Å². The number of fused-ring (bicyclic) bond motifs is 5. The molecule has 2 bridgehead atoms. The van der Waals surface area contributed by atoms with Crippen molar-refractivity contribution >= 4 is 17.5 Å². The largest absolute Gasteiger partial charge is 0.341 e. The minimum atomic E-state index is 0.417. The number of carbonyl (C=O) groups excluding carboxylic acids is 1. The van der Waals surface area contributed by atoms with Gasteiger partial charge in [-0.15, -0.1) is 11.6 Å². The molecule has 0 N–H and O–H groups in total. The molecule has 4 unspecified atom stereocenters. The van der Waals surface area contributed by atoms with Gasteiger partial charge in [0.05, 0.1) is 0 Å². The number of rotatable bonds is 3. The molecular weight excluding hydrogens is 272 g/mol. The van der Waals surface area contributed by atoms with Crippen LogP contribution >= 0.6 is 11.6 Å². The third kappa shape index (κ3) is 2.09. The van der Waals surface area contributed by atoms with Crippen LogP contribution in [0.15, 0.2) is 0 Å². The Bertz CT molecular complexity index is 386. The zero-order chi connectivity index (χ0) is 13.7. The van der Waals surface area contributed by atoms with E-state index in [4.69, 9.17) is 11.6 Å². The first kappa shape index (κ1) is 13.4. The van der Waals surface area contributed by atoms with Gasteiger partial charge in [0.2, 0.25) is 5.91 Å². The maximum Gasteiger partial charge on any atom is 0.226 e. The quantitative estimate of drug-likeness (QED) is 0.744. The van der Waals surface area contributed by atoms with Gasteiger partial charge < -0.3 is 9.80 Å². The number of carbonyl (C=O) groups is 1. The van der Waals surface area contributed by atoms with Crippen molar-refractivity contribution in [3.05, 3.63) is 0 Å². The lowest BCUT2D eigenvalue weighted by Crippen LogP contribution is -2.37. The first-order valence-electron chi connectivity index (χ1n) is 8.36. The molecule has 20 heavy (non-hydrogen) atoms. The molecule has 4 atom stereocenters. The minimum Gasteiger partial charge on any atom is -0.341 e. The highest BCUT2D eigenvalue weighted by molar-refractivity contribution is 6.18. The Morgan fingerprint density at radius 2 is 1.80 bits per heavy atom. The maximum atomic E-state index is 12.8. The van der Waals surface area contributed by atoms with Gasteiger partial charge in [-0.05, 0) is 55.9 Å². The Kier molecular flexibility index (Phi) is 3.46. The summed E-state index contributed by atoms with van der Waals surface area (Å²) in [6.07, 6.45) is 5.35. The maximum absolute atomic E-state index is 12.8. The second-order valence-corrected chi connectivity index (χ2v) is 7.60. The van der Waals surface area contributed by atoms with Gasteiger partial charge >= 0.3 is 0 Å². The molecule has 4 aliphatic rings. The summed E-state index contributed by atoms with van der Waals surface area (Å²) in [5.74, 6) is 4.97. The third-order valence-electron chi connectivity index (χ3n) is 6.32. The van der Waals surface area contributed by atoms with Crippen LogP contribution in [0.3, 0.4) is 0 Å². The molecule has 112 valence electrons. The lowest BCUT2D eigenvalue weighted by atomic mass is 10.0. The molecule has 1 amide bonds. The van der Waals surface area contributed by atoms with E-state index in [0.717, 1.165) is 62.8 Å². The Balaban J connectivity index is 1.36. The van der Waals surface area contributed by atoms with Crippen LogP contribution in [-0.2, 0) is 4.79 Å². The molecule has 4 fully saturated rings. The van der Waals surface area contributed by atoms with Crippen molar-refractivity contribution in [3.63, 3.8) is 0 Å². The average molecular weight is 297 g/mol. The van der Waals surface area contributed by atoms with Gasteiger partial charge in [-0.2, -0.15) is 0 Å². The monoisotopic (exact) mass is 296 g/mol. The molecule has 0 aromatic heterocycles. The van der Waals surface area contributed by atoms with E-state index in [-0.39, 0.29) is 0 Å². The Morgan fingerprint density at radius 1 is 1.05 bits per heavy atom. The van der Waals surface area contributed by atoms with Gasteiger partial charge in [-0.3, -0.25) is 4.79 Å². The van der Waals surface area contributed by atoms with E-state index in [9.17, 15) is 4.79 Å². The summed E-state index contributed by atoms with van der Waals surface area (Å²) < 4.78 is 0. The summed E-state index contributed by atoms with van der Waals surface area (Å²) in [6.45, 7) is 4.94. The molecule has 0 aromatic carbocycles. The Hall–Kier alpha value is -0.280. The van der Waals surface area contributed by atoms with Crippen molar-refractivity contribution in [1.82, 2.24) is 9.80 Å². The van der Waals surface area contributed by atoms with Crippen LogP contribution in [0.4, 0.5) is 0 Å². The summed E-state index contributed by atoms with van der Waals surface area (Å²) in [6, 6.07) is 0. The minimum absolute atomic E-state index is 0.417. The fourth-order valence-corrected chi connectivity index (χ4v) is 5.64. The predicted octanol–water partition coefficient (Wildman–Crippen LogP) is 2.05. The van der Waals surface area contributed by atoms with Gasteiger partial charge in [0, 0.05) is 38.0 Å². The number of halogens is 1. The van der Waals surface area contributed by atoms with Crippen LogP contribution in [0.25, 0.3) is 0 Å². The van der Waals surface area contributed by atoms with Crippen LogP contribution < -0.4 is 0 Å². The molecule has 3 aliphatic carbocycles. The van der Waals surface area contributed by atoms with Gasteiger partial charge in [0.1, 0.15) is 0 Å². The second kappa shape index (κ2) is 5.17. The van der Waals surface area contributed by atoms with Crippen molar-refractivity contribution in [3.8, 4) is 0 Å². The zero-order valence-corrected chi connectivity index (χ0v) is 12.9. The van der Waals surface area contributed by atoms with Crippen molar-refractivity contribution in [2.45, 2.75) is 25.7 Å². The van der Waals surface area contributed by atoms with E-state index in [1.807, 2.05) is 0 Å². The molecule has 0 aromatic rings. The fourth-order valence-electron chi connectivity index (χ4n) is 5.40. The van der Waals surface area contributed by atoms with E-state index in [2.05, 4.69) is 9.80 Å². The van der Waals surface area contributed by atoms with Gasteiger partial charge in [0.15, 0.2) is 0 Å². The summed E-state index contributed by atoms with van der Waals surface area (Å²) in [4.78, 5) is 17.4. The van der Waals surface area contributed by atoms with E-state index >= 15 is 0 Å². The fraction of sp³-hybridized carbons (Fsp3) is 0.938. The number of nitrogens with zero attached hydrogens (tertiary/aromatic N) is 2. The van der Waals surface area contributed by atoms with Gasteiger partial charge in [0.25, 0.3) is 0 Å². The molecule has 1 aliphatic heterocycles. The first-order chi connectivity index (χ1) is 9.79. The Morgan fingerprint density at radius 3 is 2.50 bits per heavy atom. The normalized spacial score (nSPS) is 43.5. The first-order valence-corrected chi connectivity index (χ1v) is 8.90. The van der Waals surface area contributed by atoms with Crippen LogP contribution in [0.2, 0.25) is 0 Å². The molecule has 1 saturated heterocycles.